The predicted octanol–water partition coefficient (Wildman–Crippen LogP) is 2.58. The van der Waals surface area contributed by atoms with Gasteiger partial charge in [-0.05, 0) is 31.2 Å². The Morgan fingerprint density at radius 1 is 1.10 bits per heavy atom. The van der Waals surface area contributed by atoms with E-state index < -0.39 is 0 Å². The second-order valence-electron chi connectivity index (χ2n) is 4.89. The first-order valence-corrected chi connectivity index (χ1v) is 6.80. The van der Waals surface area contributed by atoms with Gasteiger partial charge in [0, 0.05) is 29.8 Å². The molecule has 1 amide bonds. The van der Waals surface area contributed by atoms with Crippen LogP contribution in [0, 0.1) is 6.92 Å². The molecular formula is C17H18N2O2. The summed E-state index contributed by atoms with van der Waals surface area (Å²) in [6, 6.07) is 14.3. The van der Waals surface area contributed by atoms with Gasteiger partial charge in [-0.15, -0.1) is 0 Å². The number of carbonyl (C=O) groups excluding carboxylic acids is 2. The quantitative estimate of drug-likeness (QED) is 0.654. The number of nitrogens with one attached hydrogen (secondary N) is 1. The van der Waals surface area contributed by atoms with Gasteiger partial charge in [0.1, 0.15) is 0 Å². The van der Waals surface area contributed by atoms with Gasteiger partial charge in [-0.1, -0.05) is 29.8 Å². The number of carbonyl (C=O) groups is 2. The zero-order chi connectivity index (χ0) is 15.2. The van der Waals surface area contributed by atoms with Crippen molar-refractivity contribution in [3.05, 3.63) is 65.2 Å². The maximum absolute atomic E-state index is 12.1. The fraction of sp³-hybridized carbons (Fsp3) is 0.176. The van der Waals surface area contributed by atoms with Crippen molar-refractivity contribution in [3.63, 3.8) is 0 Å². The smallest absolute Gasteiger partial charge is 0.251 e. The van der Waals surface area contributed by atoms with Gasteiger partial charge in [-0.2, -0.15) is 0 Å². The van der Waals surface area contributed by atoms with Crippen LogP contribution in [0.4, 0.5) is 5.69 Å². The molecule has 2 aromatic carbocycles. The van der Waals surface area contributed by atoms with E-state index in [2.05, 4.69) is 5.32 Å². The largest absolute Gasteiger partial charge is 0.398 e. The Labute approximate surface area is 124 Å². The summed E-state index contributed by atoms with van der Waals surface area (Å²) in [5, 5.41) is 2.73. The lowest BCUT2D eigenvalue weighted by atomic mass is 10.0. The second kappa shape index (κ2) is 6.70. The van der Waals surface area contributed by atoms with Crippen LogP contribution < -0.4 is 11.1 Å². The van der Waals surface area contributed by atoms with Crippen LogP contribution in [0.5, 0.6) is 0 Å². The second-order valence-corrected chi connectivity index (χ2v) is 4.89. The molecule has 0 aliphatic carbocycles. The fourth-order valence-corrected chi connectivity index (χ4v) is 2.03. The van der Waals surface area contributed by atoms with E-state index in [0.717, 1.165) is 5.56 Å². The molecule has 4 nitrogen and oxygen atoms in total. The van der Waals surface area contributed by atoms with E-state index in [1.165, 1.54) is 0 Å². The summed E-state index contributed by atoms with van der Waals surface area (Å²) in [6.07, 6.45) is 0.228. The fourth-order valence-electron chi connectivity index (χ4n) is 2.03. The van der Waals surface area contributed by atoms with E-state index in [-0.39, 0.29) is 18.1 Å². The lowest BCUT2D eigenvalue weighted by Gasteiger charge is -2.07. The Morgan fingerprint density at radius 2 is 1.81 bits per heavy atom. The number of nitrogens with two attached hydrogens (primary N) is 1. The zero-order valence-electron chi connectivity index (χ0n) is 11.9. The summed E-state index contributed by atoms with van der Waals surface area (Å²) < 4.78 is 0. The van der Waals surface area contributed by atoms with Crippen LogP contribution in [0.2, 0.25) is 0 Å². The molecule has 0 atom stereocenters. The molecule has 0 spiro atoms. The highest BCUT2D eigenvalue weighted by Crippen LogP contribution is 2.15. The molecule has 0 aliphatic heterocycles. The number of anilines is 1. The minimum absolute atomic E-state index is 0.0652. The molecule has 4 heteroatoms. The molecule has 0 unspecified atom stereocenters. The van der Waals surface area contributed by atoms with Gasteiger partial charge < -0.3 is 11.1 Å². The Kier molecular flexibility index (Phi) is 4.72. The molecule has 2 rings (SSSR count). The third-order valence-electron chi connectivity index (χ3n) is 3.18. The summed E-state index contributed by atoms with van der Waals surface area (Å²) in [4.78, 5) is 23.9. The number of rotatable bonds is 5. The standard InChI is InChI=1S/C17H18N2O2/c1-12-7-8-15(18)14(11-12)16(20)9-10-19-17(21)13-5-3-2-4-6-13/h2-8,11H,9-10,18H2,1H3,(H,19,21). The Hall–Kier alpha value is -2.62. The van der Waals surface area contributed by atoms with Gasteiger partial charge in [0.15, 0.2) is 5.78 Å². The average molecular weight is 282 g/mol. The summed E-state index contributed by atoms with van der Waals surface area (Å²) in [7, 11) is 0. The van der Waals surface area contributed by atoms with Crippen molar-refractivity contribution < 1.29 is 9.59 Å². The molecule has 108 valence electrons. The van der Waals surface area contributed by atoms with Gasteiger partial charge in [-0.3, -0.25) is 9.59 Å². The summed E-state index contributed by atoms with van der Waals surface area (Å²) in [5.74, 6) is -0.245. The zero-order valence-corrected chi connectivity index (χ0v) is 11.9. The normalized spacial score (nSPS) is 10.1. The topological polar surface area (TPSA) is 72.2 Å². The molecule has 0 aliphatic rings. The summed E-state index contributed by atoms with van der Waals surface area (Å²) in [5.41, 5.74) is 8.36. The van der Waals surface area contributed by atoms with Crippen molar-refractivity contribution >= 4 is 17.4 Å². The summed E-state index contributed by atoms with van der Waals surface area (Å²) in [6.45, 7) is 2.20. The average Bonchev–Trinajstić information content (AvgIpc) is 2.50. The van der Waals surface area contributed by atoms with Crippen LogP contribution in [0.25, 0.3) is 0 Å². The molecule has 0 bridgehead atoms. The van der Waals surface area contributed by atoms with Crippen LogP contribution in [0.15, 0.2) is 48.5 Å². The Balaban J connectivity index is 1.90. The maximum Gasteiger partial charge on any atom is 0.251 e. The van der Waals surface area contributed by atoms with Gasteiger partial charge in [0.25, 0.3) is 5.91 Å². The molecule has 21 heavy (non-hydrogen) atoms. The Bertz CT molecular complexity index is 651. The van der Waals surface area contributed by atoms with Gasteiger partial charge in [-0.25, -0.2) is 0 Å². The molecule has 0 fully saturated rings. The number of hydrogen-bond donors (Lipinski definition) is 2. The van der Waals surface area contributed by atoms with Crippen molar-refractivity contribution in [1.29, 1.82) is 0 Å². The number of benzene rings is 2. The van der Waals surface area contributed by atoms with Crippen LogP contribution in [0.3, 0.4) is 0 Å². The monoisotopic (exact) mass is 282 g/mol. The molecule has 0 radical (unpaired) electrons. The highest BCUT2D eigenvalue weighted by atomic mass is 16.1. The molecule has 0 heterocycles. The maximum atomic E-state index is 12.1. The highest BCUT2D eigenvalue weighted by Gasteiger charge is 2.11. The van der Waals surface area contributed by atoms with Crippen LogP contribution in [-0.2, 0) is 0 Å². The van der Waals surface area contributed by atoms with E-state index in [0.29, 0.717) is 23.4 Å². The number of Topliss-reactive ketones (excluding diaryl/α,β-unsaturated/α-hetero) is 1. The molecule has 0 aromatic heterocycles. The van der Waals surface area contributed by atoms with Crippen LogP contribution >= 0.6 is 0 Å². The SMILES string of the molecule is Cc1ccc(N)c(C(=O)CCNC(=O)c2ccccc2)c1. The van der Waals surface area contributed by atoms with E-state index in [1.54, 1.807) is 36.4 Å². The molecule has 0 saturated heterocycles. The number of hydrogen-bond acceptors (Lipinski definition) is 3. The lowest BCUT2D eigenvalue weighted by molar-refractivity contribution is 0.0940. The van der Waals surface area contributed by atoms with E-state index in [1.807, 2.05) is 19.1 Å². The van der Waals surface area contributed by atoms with Crippen molar-refractivity contribution in [3.8, 4) is 0 Å². The third-order valence-corrected chi connectivity index (χ3v) is 3.18. The highest BCUT2D eigenvalue weighted by molar-refractivity contribution is 6.01. The molecule has 2 aromatic rings. The minimum Gasteiger partial charge on any atom is -0.398 e. The Morgan fingerprint density at radius 3 is 2.52 bits per heavy atom. The van der Waals surface area contributed by atoms with Crippen molar-refractivity contribution in [2.45, 2.75) is 13.3 Å². The third kappa shape index (κ3) is 3.92. The molecule has 3 N–H and O–H groups in total. The van der Waals surface area contributed by atoms with E-state index in [9.17, 15) is 9.59 Å². The van der Waals surface area contributed by atoms with Crippen molar-refractivity contribution in [2.75, 3.05) is 12.3 Å². The van der Waals surface area contributed by atoms with Gasteiger partial charge in [0.05, 0.1) is 0 Å². The van der Waals surface area contributed by atoms with Crippen molar-refractivity contribution in [2.24, 2.45) is 0 Å². The van der Waals surface area contributed by atoms with E-state index in [4.69, 9.17) is 5.73 Å². The minimum atomic E-state index is -0.180. The first kappa shape index (κ1) is 14.8. The van der Waals surface area contributed by atoms with Gasteiger partial charge in [0.2, 0.25) is 0 Å². The number of amides is 1. The van der Waals surface area contributed by atoms with Crippen LogP contribution in [0.1, 0.15) is 32.7 Å². The van der Waals surface area contributed by atoms with Crippen molar-refractivity contribution in [1.82, 2.24) is 5.32 Å². The lowest BCUT2D eigenvalue weighted by Crippen LogP contribution is -2.26. The van der Waals surface area contributed by atoms with Gasteiger partial charge >= 0.3 is 0 Å². The first-order chi connectivity index (χ1) is 10.1. The number of aryl methyl sites for hydroxylation is 1. The molecular weight excluding hydrogens is 264 g/mol. The summed E-state index contributed by atoms with van der Waals surface area (Å²) >= 11 is 0. The van der Waals surface area contributed by atoms with E-state index >= 15 is 0 Å². The number of nitrogen functional groups attached to an aromatic ring is 1. The molecule has 0 saturated carbocycles. The predicted molar refractivity (Wildman–Crippen MR) is 83.3 cm³/mol. The number of ketones is 1. The van der Waals surface area contributed by atoms with Crippen LogP contribution in [-0.4, -0.2) is 18.2 Å². The first-order valence-electron chi connectivity index (χ1n) is 6.80.